The molecule has 0 atom stereocenters. The zero-order valence-electron chi connectivity index (χ0n) is 22.4. The molecule has 5 rings (SSSR count). The van der Waals surface area contributed by atoms with Crippen LogP contribution in [-0.2, 0) is 11.2 Å². The summed E-state index contributed by atoms with van der Waals surface area (Å²) in [4.78, 5) is 34.2. The predicted molar refractivity (Wildman–Crippen MR) is 144 cm³/mol. The number of aryl methyl sites for hydroxylation is 1. The van der Waals surface area contributed by atoms with Gasteiger partial charge in [-0.05, 0) is 56.5 Å². The molecule has 1 saturated heterocycles. The fraction of sp³-hybridized carbons (Fsp3) is 0.345. The van der Waals surface area contributed by atoms with Crippen LogP contribution < -0.4 is 0 Å². The van der Waals surface area contributed by atoms with Crippen molar-refractivity contribution in [2.75, 3.05) is 26.7 Å². The highest BCUT2D eigenvalue weighted by Crippen LogP contribution is 2.28. The van der Waals surface area contributed by atoms with Crippen molar-refractivity contribution in [3.8, 4) is 22.5 Å². The van der Waals surface area contributed by atoms with E-state index in [4.69, 9.17) is 4.74 Å². The van der Waals surface area contributed by atoms with Gasteiger partial charge < -0.3 is 4.74 Å². The maximum atomic E-state index is 15.3. The van der Waals surface area contributed by atoms with Gasteiger partial charge in [-0.3, -0.25) is 14.8 Å². The molecule has 0 aliphatic carbocycles. The Labute approximate surface area is 226 Å². The number of ether oxygens (including phenoxy) is 1. The van der Waals surface area contributed by atoms with Gasteiger partial charge in [-0.2, -0.15) is 5.10 Å². The summed E-state index contributed by atoms with van der Waals surface area (Å²) in [6, 6.07) is 11.5. The minimum atomic E-state index is -0.465. The second-order valence-corrected chi connectivity index (χ2v) is 9.50. The Morgan fingerprint density at radius 1 is 1.00 bits per heavy atom. The van der Waals surface area contributed by atoms with Gasteiger partial charge in [-0.15, -0.1) is 0 Å². The highest BCUT2D eigenvalue weighted by atomic mass is 19.1. The van der Waals surface area contributed by atoms with Crippen LogP contribution in [0.2, 0.25) is 0 Å². The number of benzene rings is 1. The van der Waals surface area contributed by atoms with Gasteiger partial charge in [-0.1, -0.05) is 19.4 Å². The van der Waals surface area contributed by atoms with Crippen LogP contribution in [0.25, 0.3) is 28.2 Å². The van der Waals surface area contributed by atoms with Gasteiger partial charge >= 0.3 is 5.97 Å². The van der Waals surface area contributed by atoms with E-state index in [2.05, 4.69) is 15.1 Å². The maximum absolute atomic E-state index is 15.3. The third-order valence-corrected chi connectivity index (χ3v) is 6.90. The summed E-state index contributed by atoms with van der Waals surface area (Å²) in [5.74, 6) is -1.06. The van der Waals surface area contributed by atoms with Crippen molar-refractivity contribution in [1.82, 2.24) is 29.6 Å². The van der Waals surface area contributed by atoms with Gasteiger partial charge in [0.25, 0.3) is 5.91 Å². The summed E-state index contributed by atoms with van der Waals surface area (Å²) in [7, 11) is 1.93. The van der Waals surface area contributed by atoms with E-state index in [1.165, 1.54) is 12.3 Å². The van der Waals surface area contributed by atoms with Crippen molar-refractivity contribution in [2.45, 2.75) is 39.5 Å². The average molecular weight is 531 g/mol. The summed E-state index contributed by atoms with van der Waals surface area (Å²) in [6.45, 7) is 5.48. The molecule has 1 aromatic carbocycles. The van der Waals surface area contributed by atoms with Crippen molar-refractivity contribution < 1.29 is 18.7 Å². The third-order valence-electron chi connectivity index (χ3n) is 6.90. The minimum absolute atomic E-state index is 0.142. The molecule has 0 radical (unpaired) electrons. The van der Waals surface area contributed by atoms with Gasteiger partial charge in [0, 0.05) is 49.2 Å². The van der Waals surface area contributed by atoms with Gasteiger partial charge in [-0.25, -0.2) is 23.7 Å². The van der Waals surface area contributed by atoms with E-state index in [1.54, 1.807) is 52.8 Å². The van der Waals surface area contributed by atoms with E-state index >= 15 is 4.39 Å². The Balaban J connectivity index is 1.44. The summed E-state index contributed by atoms with van der Waals surface area (Å²) >= 11 is 0. The van der Waals surface area contributed by atoms with E-state index < -0.39 is 11.8 Å². The van der Waals surface area contributed by atoms with Gasteiger partial charge in [0.15, 0.2) is 5.65 Å². The Hall–Kier alpha value is -4.18. The number of esters is 1. The summed E-state index contributed by atoms with van der Waals surface area (Å²) in [5, 5.41) is 8.34. The second-order valence-electron chi connectivity index (χ2n) is 9.50. The Morgan fingerprint density at radius 2 is 1.82 bits per heavy atom. The highest BCUT2D eigenvalue weighted by Gasteiger charge is 2.24. The number of hydrogen-bond acceptors (Lipinski definition) is 7. The number of fused-ring (bicyclic) bond motifs is 1. The molecule has 1 amide bonds. The quantitative estimate of drug-likeness (QED) is 0.330. The molecule has 1 aliphatic rings. The molecule has 3 aromatic heterocycles. The van der Waals surface area contributed by atoms with E-state index in [0.29, 0.717) is 52.4 Å². The van der Waals surface area contributed by atoms with Crippen molar-refractivity contribution >= 4 is 17.5 Å². The fourth-order valence-electron chi connectivity index (χ4n) is 4.77. The molecular weight excluding hydrogens is 499 g/mol. The lowest BCUT2D eigenvalue weighted by atomic mass is 10.1. The number of carbonyl (C=O) groups excluding carboxylic acids is 2. The molecule has 1 fully saturated rings. The molecule has 4 heterocycles. The zero-order chi connectivity index (χ0) is 27.5. The number of pyridine rings is 1. The summed E-state index contributed by atoms with van der Waals surface area (Å²) in [6.07, 6.45) is 5.15. The predicted octanol–water partition coefficient (Wildman–Crippen LogP) is 4.81. The second kappa shape index (κ2) is 11.3. The molecule has 202 valence electrons. The Morgan fingerprint density at radius 3 is 2.54 bits per heavy atom. The molecule has 4 aromatic rings. The van der Waals surface area contributed by atoms with E-state index in [-0.39, 0.29) is 12.5 Å². The van der Waals surface area contributed by atoms with E-state index in [0.717, 1.165) is 31.5 Å². The molecule has 0 bridgehead atoms. The maximum Gasteiger partial charge on any atom is 0.339 e. The zero-order valence-corrected chi connectivity index (χ0v) is 22.4. The van der Waals surface area contributed by atoms with Crippen molar-refractivity contribution in [1.29, 1.82) is 0 Å². The first-order valence-corrected chi connectivity index (χ1v) is 13.3. The van der Waals surface area contributed by atoms with Gasteiger partial charge in [0.2, 0.25) is 0 Å². The Bertz CT molecular complexity index is 1520. The first kappa shape index (κ1) is 26.4. The number of hydrogen-bond donors (Lipinski definition) is 0. The third kappa shape index (κ3) is 5.37. The van der Waals surface area contributed by atoms with Crippen LogP contribution in [0.3, 0.4) is 0 Å². The molecule has 1 aliphatic heterocycles. The Kier molecular flexibility index (Phi) is 7.65. The lowest BCUT2D eigenvalue weighted by Gasteiger charge is -2.29. The first-order valence-electron chi connectivity index (χ1n) is 13.3. The van der Waals surface area contributed by atoms with Crippen LogP contribution in [0, 0.1) is 5.82 Å². The topological polar surface area (TPSA) is 92.9 Å². The summed E-state index contributed by atoms with van der Waals surface area (Å²) in [5.41, 5.74) is 3.82. The molecule has 9 nitrogen and oxygen atoms in total. The van der Waals surface area contributed by atoms with Crippen molar-refractivity contribution in [3.05, 3.63) is 71.4 Å². The normalized spacial score (nSPS) is 14.4. The minimum Gasteiger partial charge on any atom is -0.462 e. The number of halogens is 1. The number of aromatic nitrogens is 4. The first-order chi connectivity index (χ1) is 18.9. The molecule has 0 saturated carbocycles. The van der Waals surface area contributed by atoms with Crippen molar-refractivity contribution in [3.63, 3.8) is 0 Å². The van der Waals surface area contributed by atoms with E-state index in [9.17, 15) is 9.59 Å². The number of carbonyl (C=O) groups is 2. The van der Waals surface area contributed by atoms with Crippen LogP contribution in [0.5, 0.6) is 0 Å². The highest BCUT2D eigenvalue weighted by molar-refractivity contribution is 5.92. The number of rotatable bonds is 6. The average Bonchev–Trinajstić information content (AvgIpc) is 3.26. The SMILES string of the molecule is CCOC(=O)c1ccc(-c2ccc(-c3cc4nc(C(=O)N5CCCCCN5C)cc(CC)n4n3)c(F)c2)nc1. The molecule has 10 heteroatoms. The monoisotopic (exact) mass is 530 g/mol. The number of amides is 1. The van der Waals surface area contributed by atoms with Crippen LogP contribution in [-0.4, -0.2) is 68.2 Å². The van der Waals surface area contributed by atoms with Crippen molar-refractivity contribution in [2.24, 2.45) is 0 Å². The molecule has 0 N–H and O–H groups in total. The van der Waals surface area contributed by atoms with Crippen LogP contribution in [0.1, 0.15) is 59.7 Å². The summed E-state index contributed by atoms with van der Waals surface area (Å²) < 4.78 is 22.0. The lowest BCUT2D eigenvalue weighted by molar-refractivity contribution is 0.0113. The molecule has 0 unspecified atom stereocenters. The number of nitrogens with zero attached hydrogens (tertiary/aromatic N) is 6. The van der Waals surface area contributed by atoms with Gasteiger partial charge in [0.05, 0.1) is 23.6 Å². The van der Waals surface area contributed by atoms with Crippen LogP contribution in [0.15, 0.2) is 48.7 Å². The van der Waals surface area contributed by atoms with Crippen LogP contribution >= 0.6 is 0 Å². The largest absolute Gasteiger partial charge is 0.462 e. The standard InChI is InChI=1S/C29H31FN6O3/c1-4-21-16-26(28(37)35-14-8-6-7-13-34(35)3)32-27-17-25(33-36(21)27)22-11-9-19(15-23(22)30)24-12-10-20(18-31-24)29(38)39-5-2/h9-12,15-18H,4-8,13-14H2,1-3H3. The van der Waals surface area contributed by atoms with E-state index in [1.807, 2.05) is 19.0 Å². The van der Waals surface area contributed by atoms with Crippen LogP contribution in [0.4, 0.5) is 4.39 Å². The molecular formula is C29H31FN6O3. The fourth-order valence-corrected chi connectivity index (χ4v) is 4.77. The lowest BCUT2D eigenvalue weighted by Crippen LogP contribution is -2.44. The molecule has 0 spiro atoms. The molecule has 39 heavy (non-hydrogen) atoms. The smallest absolute Gasteiger partial charge is 0.339 e. The number of hydrazine groups is 1. The van der Waals surface area contributed by atoms with Gasteiger partial charge in [0.1, 0.15) is 11.5 Å².